The largest absolute Gasteiger partial charge is 0.456 e. The highest BCUT2D eigenvalue weighted by Gasteiger charge is 2.22. The Balaban J connectivity index is 0.830. The molecule has 4 aromatic heterocycles. The lowest BCUT2D eigenvalue weighted by Gasteiger charge is -2.11. The van der Waals surface area contributed by atoms with Crippen LogP contribution in [-0.4, -0.2) is 19.5 Å². The van der Waals surface area contributed by atoms with E-state index in [1.165, 1.54) is 32.9 Å². The molecule has 4 heterocycles. The van der Waals surface area contributed by atoms with Gasteiger partial charge in [-0.2, -0.15) is 0 Å². The highest BCUT2D eigenvalue weighted by atomic mass is 16.3. The first-order chi connectivity index (χ1) is 37.1. The summed E-state index contributed by atoms with van der Waals surface area (Å²) in [6.45, 7) is 0. The van der Waals surface area contributed by atoms with Gasteiger partial charge in [0.05, 0.1) is 11.0 Å². The smallest absolute Gasteiger partial charge is 0.164 e. The predicted molar refractivity (Wildman–Crippen MR) is 307 cm³/mol. The third-order valence-corrected chi connectivity index (χ3v) is 14.6. The number of hydrogen-bond acceptors (Lipinski definition) is 5. The normalized spacial score (nSPS) is 11.7. The van der Waals surface area contributed by atoms with Crippen LogP contribution in [0.15, 0.2) is 264 Å². The minimum atomic E-state index is 0.543. The Morgan fingerprint density at radius 2 is 0.747 bits per heavy atom. The van der Waals surface area contributed by atoms with Gasteiger partial charge < -0.3 is 13.4 Å². The molecule has 0 atom stereocenters. The van der Waals surface area contributed by atoms with Crippen LogP contribution < -0.4 is 0 Å². The van der Waals surface area contributed by atoms with Crippen molar-refractivity contribution in [3.05, 3.63) is 255 Å². The molecule has 15 aromatic rings. The van der Waals surface area contributed by atoms with E-state index in [0.29, 0.717) is 17.5 Å². The third-order valence-electron chi connectivity index (χ3n) is 14.6. The van der Waals surface area contributed by atoms with Crippen LogP contribution in [0.2, 0.25) is 0 Å². The maximum absolute atomic E-state index is 6.61. The van der Waals surface area contributed by atoms with Gasteiger partial charge in [0, 0.05) is 54.7 Å². The molecule has 11 aromatic carbocycles. The summed E-state index contributed by atoms with van der Waals surface area (Å²) in [6, 6.07) is 89.4. The molecule has 0 aliphatic rings. The lowest BCUT2D eigenvalue weighted by molar-refractivity contribution is 0.668. The summed E-state index contributed by atoms with van der Waals surface area (Å²) < 4.78 is 15.5. The molecular weight excluding hydrogens is 917 g/mol. The minimum Gasteiger partial charge on any atom is -0.456 e. The van der Waals surface area contributed by atoms with Crippen molar-refractivity contribution in [3.8, 4) is 84.4 Å². The second-order valence-corrected chi connectivity index (χ2v) is 19.1. The van der Waals surface area contributed by atoms with Crippen LogP contribution in [0.1, 0.15) is 0 Å². The van der Waals surface area contributed by atoms with Gasteiger partial charge in [0.2, 0.25) is 0 Å². The molecule has 0 bridgehead atoms. The quantitative estimate of drug-likeness (QED) is 0.152. The zero-order valence-corrected chi connectivity index (χ0v) is 40.4. The highest BCUT2D eigenvalue weighted by molar-refractivity contribution is 6.15. The molecule has 0 radical (unpaired) electrons. The Hall–Kier alpha value is -10.2. The molecule has 0 saturated heterocycles. The molecule has 0 saturated carbocycles. The SMILES string of the molecule is c1ccc(-c2nc(-c3cc(-c4ccccc4)c4c(c3)oc3ccccc34)nc(-c3cccc4oc5ccc(-c6cccc(-c7cccc(-c8ccc9c(c8)c8ccccc8n9-c8ccccc8)c7)c6)cc5c34)n2)cc1. The average molecular weight is 959 g/mol. The van der Waals surface area contributed by atoms with Crippen molar-refractivity contribution in [1.29, 1.82) is 0 Å². The van der Waals surface area contributed by atoms with Crippen molar-refractivity contribution >= 4 is 65.7 Å². The molecule has 0 N–H and O–H groups in total. The van der Waals surface area contributed by atoms with Crippen molar-refractivity contribution in [2.75, 3.05) is 0 Å². The molecule has 0 spiro atoms. The van der Waals surface area contributed by atoms with Gasteiger partial charge in [0.25, 0.3) is 0 Å². The zero-order valence-electron chi connectivity index (χ0n) is 40.4. The summed E-state index contributed by atoms with van der Waals surface area (Å²) in [5.74, 6) is 1.66. The fraction of sp³-hybridized carbons (Fsp3) is 0. The zero-order chi connectivity index (χ0) is 49.4. The standard InChI is InChI=1S/C69H42N4O2/c1-4-17-43(18-5-1)56-41-51(42-64-65(56)54-28-11-13-31-61(54)75-64)68-70-67(44-19-6-2-7-20-44)71-69(72-68)55-29-16-32-63-66(55)58-40-50(34-36-62(58)74-63)48-24-15-22-46(38-48)45-21-14-23-47(37-45)49-33-35-60-57(39-49)53-27-10-12-30-59(53)73(60)52-25-8-3-9-26-52/h1-42H. The van der Waals surface area contributed by atoms with E-state index in [9.17, 15) is 0 Å². The van der Waals surface area contributed by atoms with Crippen LogP contribution in [0.3, 0.4) is 0 Å². The number of furan rings is 2. The molecule has 15 rings (SSSR count). The molecule has 6 heteroatoms. The van der Waals surface area contributed by atoms with Crippen LogP contribution in [0.4, 0.5) is 0 Å². The van der Waals surface area contributed by atoms with Crippen LogP contribution >= 0.6 is 0 Å². The summed E-state index contributed by atoms with van der Waals surface area (Å²) in [6.07, 6.45) is 0. The molecule has 0 unspecified atom stereocenters. The Morgan fingerprint density at radius 1 is 0.253 bits per heavy atom. The van der Waals surface area contributed by atoms with Gasteiger partial charge in [0.1, 0.15) is 22.3 Å². The number of hydrogen-bond donors (Lipinski definition) is 0. The maximum atomic E-state index is 6.61. The monoisotopic (exact) mass is 958 g/mol. The van der Waals surface area contributed by atoms with Crippen LogP contribution in [-0.2, 0) is 0 Å². The fourth-order valence-corrected chi connectivity index (χ4v) is 11.1. The van der Waals surface area contributed by atoms with E-state index in [2.05, 4.69) is 199 Å². The topological polar surface area (TPSA) is 69.9 Å². The van der Waals surface area contributed by atoms with Gasteiger partial charge in [-0.1, -0.05) is 176 Å². The molecule has 0 aliphatic carbocycles. The van der Waals surface area contributed by atoms with Crippen LogP contribution in [0, 0.1) is 0 Å². The van der Waals surface area contributed by atoms with E-state index in [4.69, 9.17) is 23.8 Å². The van der Waals surface area contributed by atoms with E-state index in [0.717, 1.165) is 99.6 Å². The molecule has 75 heavy (non-hydrogen) atoms. The second kappa shape index (κ2) is 17.3. The Kier molecular flexibility index (Phi) is 9.78. The van der Waals surface area contributed by atoms with Crippen molar-refractivity contribution in [2.24, 2.45) is 0 Å². The van der Waals surface area contributed by atoms with Gasteiger partial charge in [-0.15, -0.1) is 0 Å². The fourth-order valence-electron chi connectivity index (χ4n) is 11.1. The summed E-state index contributed by atoms with van der Waals surface area (Å²) in [5.41, 5.74) is 18.2. The van der Waals surface area contributed by atoms with Gasteiger partial charge in [-0.25, -0.2) is 15.0 Å². The van der Waals surface area contributed by atoms with Crippen LogP contribution in [0.25, 0.3) is 150 Å². The van der Waals surface area contributed by atoms with Crippen molar-refractivity contribution in [1.82, 2.24) is 19.5 Å². The summed E-state index contributed by atoms with van der Waals surface area (Å²) in [4.78, 5) is 15.7. The summed E-state index contributed by atoms with van der Waals surface area (Å²) in [7, 11) is 0. The molecule has 0 fully saturated rings. The molecule has 350 valence electrons. The van der Waals surface area contributed by atoms with Gasteiger partial charge in [0.15, 0.2) is 17.5 Å². The molecule has 0 amide bonds. The highest BCUT2D eigenvalue weighted by Crippen LogP contribution is 2.43. The third kappa shape index (κ3) is 7.22. The van der Waals surface area contributed by atoms with Gasteiger partial charge in [-0.3, -0.25) is 0 Å². The lowest BCUT2D eigenvalue weighted by Crippen LogP contribution is -2.00. The average Bonchev–Trinajstić information content (AvgIpc) is 4.20. The van der Waals surface area contributed by atoms with E-state index in [1.54, 1.807) is 0 Å². The van der Waals surface area contributed by atoms with Gasteiger partial charge >= 0.3 is 0 Å². The number of nitrogens with zero attached hydrogens (tertiary/aromatic N) is 4. The first-order valence-corrected chi connectivity index (χ1v) is 25.2. The summed E-state index contributed by atoms with van der Waals surface area (Å²) >= 11 is 0. The number of para-hydroxylation sites is 3. The Labute approximate surface area is 431 Å². The van der Waals surface area contributed by atoms with Crippen LogP contribution in [0.5, 0.6) is 0 Å². The van der Waals surface area contributed by atoms with Crippen molar-refractivity contribution in [2.45, 2.75) is 0 Å². The predicted octanol–water partition coefficient (Wildman–Crippen LogP) is 18.4. The Morgan fingerprint density at radius 3 is 1.48 bits per heavy atom. The maximum Gasteiger partial charge on any atom is 0.164 e. The first-order valence-electron chi connectivity index (χ1n) is 25.2. The summed E-state index contributed by atoms with van der Waals surface area (Å²) in [5, 5.41) is 6.51. The molecule has 6 nitrogen and oxygen atoms in total. The van der Waals surface area contributed by atoms with Crippen molar-refractivity contribution in [3.63, 3.8) is 0 Å². The number of aromatic nitrogens is 4. The first kappa shape index (κ1) is 42.5. The number of rotatable bonds is 8. The molecule has 0 aliphatic heterocycles. The van der Waals surface area contributed by atoms with E-state index >= 15 is 0 Å². The number of fused-ring (bicyclic) bond motifs is 9. The van der Waals surface area contributed by atoms with Crippen molar-refractivity contribution < 1.29 is 8.83 Å². The van der Waals surface area contributed by atoms with E-state index < -0.39 is 0 Å². The number of benzene rings is 11. The second-order valence-electron chi connectivity index (χ2n) is 19.1. The lowest BCUT2D eigenvalue weighted by atomic mass is 9.95. The minimum absolute atomic E-state index is 0.543. The van der Waals surface area contributed by atoms with E-state index in [-0.39, 0.29) is 0 Å². The van der Waals surface area contributed by atoms with Gasteiger partial charge in [-0.05, 0) is 123 Å². The molecular formula is C69H42N4O2. The van der Waals surface area contributed by atoms with E-state index in [1.807, 2.05) is 60.7 Å². The Bertz CT molecular complexity index is 4710.